The van der Waals surface area contributed by atoms with Crippen LogP contribution in [0.2, 0.25) is 0 Å². The third kappa shape index (κ3) is 7.46. The Morgan fingerprint density at radius 2 is 1.75 bits per heavy atom. The summed E-state index contributed by atoms with van der Waals surface area (Å²) in [7, 11) is 0. The van der Waals surface area contributed by atoms with E-state index in [4.69, 9.17) is 5.10 Å². The summed E-state index contributed by atoms with van der Waals surface area (Å²) >= 11 is 0. The summed E-state index contributed by atoms with van der Waals surface area (Å²) in [6, 6.07) is 9.64. The van der Waals surface area contributed by atoms with E-state index in [-0.39, 0.29) is 1.43 Å². The Labute approximate surface area is 172 Å². The minimum absolute atomic E-state index is 0. The third-order valence-corrected chi connectivity index (χ3v) is 4.47. The number of benzene rings is 1. The van der Waals surface area contributed by atoms with Gasteiger partial charge in [0.1, 0.15) is 5.67 Å². The molecule has 28 heavy (non-hydrogen) atoms. The van der Waals surface area contributed by atoms with E-state index in [2.05, 4.69) is 46.4 Å². The van der Waals surface area contributed by atoms with Gasteiger partial charge in [0, 0.05) is 7.12 Å². The first-order chi connectivity index (χ1) is 13.2. The molecule has 0 amide bonds. The minimum Gasteiger partial charge on any atom is -0.239 e. The van der Waals surface area contributed by atoms with E-state index in [1.54, 1.807) is 13.8 Å². The second kappa shape index (κ2) is 11.6. The molecule has 0 aliphatic rings. The van der Waals surface area contributed by atoms with Gasteiger partial charge in [-0.25, -0.2) is 9.07 Å². The molecule has 0 atom stereocenters. The lowest BCUT2D eigenvalue weighted by atomic mass is 10.00. The molecule has 0 aliphatic heterocycles. The SMILES string of the molecule is C=CCC/C=C/c1cc(C(C)C)n(-c2ccc(C(C)(C)F)cc2)n1.CCCC.[HH]. The lowest BCUT2D eigenvalue weighted by molar-refractivity contribution is 0.221. The number of hydrogen-bond donors (Lipinski definition) is 0. The highest BCUT2D eigenvalue weighted by Gasteiger charge is 2.19. The molecular formula is C25H39FN2. The van der Waals surface area contributed by atoms with E-state index in [0.29, 0.717) is 11.5 Å². The molecule has 0 unspecified atom stereocenters. The average molecular weight is 387 g/mol. The molecule has 0 spiro atoms. The Balaban J connectivity index is 0.00000143. The van der Waals surface area contributed by atoms with E-state index in [9.17, 15) is 4.39 Å². The van der Waals surface area contributed by atoms with Crippen LogP contribution in [-0.4, -0.2) is 9.78 Å². The minimum atomic E-state index is -1.33. The van der Waals surface area contributed by atoms with Gasteiger partial charge in [0.25, 0.3) is 0 Å². The summed E-state index contributed by atoms with van der Waals surface area (Å²) in [5.41, 5.74) is 2.39. The van der Waals surface area contributed by atoms with E-state index in [1.807, 2.05) is 41.1 Å². The van der Waals surface area contributed by atoms with Crippen molar-refractivity contribution in [3.8, 4) is 5.69 Å². The molecule has 2 rings (SSSR count). The number of halogens is 1. The van der Waals surface area contributed by atoms with Gasteiger partial charge >= 0.3 is 0 Å². The maximum Gasteiger partial charge on any atom is 0.130 e. The first-order valence-corrected chi connectivity index (χ1v) is 10.4. The van der Waals surface area contributed by atoms with Gasteiger partial charge in [0.2, 0.25) is 0 Å². The fourth-order valence-corrected chi connectivity index (χ4v) is 2.53. The van der Waals surface area contributed by atoms with E-state index in [1.165, 1.54) is 12.8 Å². The van der Waals surface area contributed by atoms with Crippen molar-refractivity contribution in [3.63, 3.8) is 0 Å². The van der Waals surface area contributed by atoms with Crippen LogP contribution in [0.15, 0.2) is 49.1 Å². The molecule has 3 heteroatoms. The van der Waals surface area contributed by atoms with Gasteiger partial charge in [-0.15, -0.1) is 6.58 Å². The van der Waals surface area contributed by atoms with Gasteiger partial charge in [0.15, 0.2) is 0 Å². The van der Waals surface area contributed by atoms with Gasteiger partial charge in [-0.3, -0.25) is 0 Å². The Hall–Kier alpha value is -2.16. The maximum absolute atomic E-state index is 14.0. The van der Waals surface area contributed by atoms with Crippen LogP contribution < -0.4 is 0 Å². The molecule has 0 N–H and O–H groups in total. The molecule has 156 valence electrons. The van der Waals surface area contributed by atoms with Gasteiger partial charge in [-0.05, 0) is 62.4 Å². The fourth-order valence-electron chi connectivity index (χ4n) is 2.53. The zero-order valence-electron chi connectivity index (χ0n) is 18.5. The smallest absolute Gasteiger partial charge is 0.130 e. The molecule has 1 aromatic heterocycles. The second-order valence-electron chi connectivity index (χ2n) is 7.85. The first-order valence-electron chi connectivity index (χ1n) is 10.4. The van der Waals surface area contributed by atoms with Gasteiger partial charge in [0.05, 0.1) is 11.4 Å². The van der Waals surface area contributed by atoms with Crippen LogP contribution in [0.4, 0.5) is 4.39 Å². The largest absolute Gasteiger partial charge is 0.239 e. The number of hydrogen-bond acceptors (Lipinski definition) is 1. The van der Waals surface area contributed by atoms with Crippen LogP contribution in [0.25, 0.3) is 11.8 Å². The molecule has 0 bridgehead atoms. The van der Waals surface area contributed by atoms with Crippen molar-refractivity contribution in [2.24, 2.45) is 0 Å². The van der Waals surface area contributed by atoms with Gasteiger partial charge in [-0.1, -0.05) is 64.8 Å². The van der Waals surface area contributed by atoms with Crippen molar-refractivity contribution in [1.82, 2.24) is 9.78 Å². The summed E-state index contributed by atoms with van der Waals surface area (Å²) in [5, 5.41) is 4.70. The number of unbranched alkanes of at least 4 members (excludes halogenated alkanes) is 2. The molecule has 0 radical (unpaired) electrons. The van der Waals surface area contributed by atoms with E-state index < -0.39 is 5.67 Å². The molecule has 1 aromatic carbocycles. The lowest BCUT2D eigenvalue weighted by Gasteiger charge is -2.16. The maximum atomic E-state index is 14.0. The summed E-state index contributed by atoms with van der Waals surface area (Å²) in [6.45, 7) is 15.5. The number of nitrogens with zero attached hydrogens (tertiary/aromatic N) is 2. The quantitative estimate of drug-likeness (QED) is 0.330. The number of allylic oxidation sites excluding steroid dienone is 2. The summed E-state index contributed by atoms with van der Waals surface area (Å²) < 4.78 is 16.0. The van der Waals surface area contributed by atoms with Crippen molar-refractivity contribution in [2.75, 3.05) is 0 Å². The fraction of sp³-hybridized carbons (Fsp3) is 0.480. The van der Waals surface area contributed by atoms with Crippen LogP contribution >= 0.6 is 0 Å². The molecule has 2 aromatic rings. The Morgan fingerprint density at radius 3 is 2.21 bits per heavy atom. The van der Waals surface area contributed by atoms with Crippen LogP contribution in [0.1, 0.15) is 91.5 Å². The van der Waals surface area contributed by atoms with Crippen LogP contribution in [0.5, 0.6) is 0 Å². The summed E-state index contributed by atoms with van der Waals surface area (Å²) in [4.78, 5) is 0. The molecule has 0 saturated heterocycles. The molecule has 2 nitrogen and oxygen atoms in total. The zero-order valence-corrected chi connectivity index (χ0v) is 18.5. The molecular weight excluding hydrogens is 347 g/mol. The monoisotopic (exact) mass is 386 g/mol. The second-order valence-corrected chi connectivity index (χ2v) is 7.85. The predicted octanol–water partition coefficient (Wildman–Crippen LogP) is 8.23. The average Bonchev–Trinajstić information content (AvgIpc) is 3.09. The van der Waals surface area contributed by atoms with Crippen molar-refractivity contribution in [2.45, 2.75) is 78.8 Å². The summed E-state index contributed by atoms with van der Waals surface area (Å²) in [6.07, 6.45) is 10.6. The van der Waals surface area contributed by atoms with Crippen molar-refractivity contribution in [1.29, 1.82) is 0 Å². The van der Waals surface area contributed by atoms with Gasteiger partial charge in [-0.2, -0.15) is 5.10 Å². The lowest BCUT2D eigenvalue weighted by Crippen LogP contribution is -2.09. The Bertz CT molecular complexity index is 735. The summed E-state index contributed by atoms with van der Waals surface area (Å²) in [5.74, 6) is 0.352. The van der Waals surface area contributed by atoms with Crippen molar-refractivity contribution < 1.29 is 5.82 Å². The number of rotatable bonds is 8. The molecule has 0 aliphatic carbocycles. The number of aromatic nitrogens is 2. The topological polar surface area (TPSA) is 17.8 Å². The van der Waals surface area contributed by atoms with Crippen molar-refractivity contribution >= 4 is 6.08 Å². The molecule has 1 heterocycles. The highest BCUT2D eigenvalue weighted by Crippen LogP contribution is 2.27. The van der Waals surface area contributed by atoms with E-state index in [0.717, 1.165) is 29.9 Å². The van der Waals surface area contributed by atoms with Crippen LogP contribution in [0.3, 0.4) is 0 Å². The Kier molecular flexibility index (Phi) is 9.92. The number of alkyl halides is 1. The first kappa shape index (κ1) is 23.9. The third-order valence-electron chi connectivity index (χ3n) is 4.47. The van der Waals surface area contributed by atoms with Crippen LogP contribution in [0, 0.1) is 0 Å². The standard InChI is InChI=1S/C21H27FN2.C4H10.H2/c1-6-7-8-9-10-18-15-20(16(2)3)24(23-18)19-13-11-17(12-14-19)21(4,5)22;1-3-4-2;/h6,9-16H,1,7-8H2,2-5H3;3-4H2,1-2H3;1H/b10-9+;;. The highest BCUT2D eigenvalue weighted by atomic mass is 19.1. The predicted molar refractivity (Wildman–Crippen MR) is 123 cm³/mol. The highest BCUT2D eigenvalue weighted by molar-refractivity contribution is 5.48. The van der Waals surface area contributed by atoms with Gasteiger partial charge < -0.3 is 0 Å². The molecule has 0 fully saturated rings. The molecule has 0 saturated carbocycles. The van der Waals surface area contributed by atoms with Crippen molar-refractivity contribution in [3.05, 3.63) is 66.0 Å². The normalized spacial score (nSPS) is 11.6. The zero-order chi connectivity index (χ0) is 21.2. The Morgan fingerprint density at radius 1 is 1.14 bits per heavy atom. The van der Waals surface area contributed by atoms with E-state index >= 15 is 0 Å². The van der Waals surface area contributed by atoms with Crippen LogP contribution in [-0.2, 0) is 5.67 Å².